The highest BCUT2D eigenvalue weighted by molar-refractivity contribution is 7.16. The molecule has 7 heteroatoms. The number of carbonyl (C=O) groups excluding carboxylic acids is 1. The van der Waals surface area contributed by atoms with E-state index in [-0.39, 0.29) is 12.0 Å². The quantitative estimate of drug-likeness (QED) is 0.582. The Morgan fingerprint density at radius 2 is 2.03 bits per heavy atom. The molecule has 1 atom stereocenters. The van der Waals surface area contributed by atoms with Crippen molar-refractivity contribution in [3.63, 3.8) is 0 Å². The molecule has 3 aromatic rings. The van der Waals surface area contributed by atoms with Crippen molar-refractivity contribution in [1.82, 2.24) is 4.98 Å². The highest BCUT2D eigenvalue weighted by Gasteiger charge is 2.19. The Morgan fingerprint density at radius 3 is 2.77 bits per heavy atom. The zero-order chi connectivity index (χ0) is 20.9. The first kappa shape index (κ1) is 20.4. The number of aryl methyl sites for hydroxylation is 1. The van der Waals surface area contributed by atoms with Gasteiger partial charge in [0.15, 0.2) is 5.13 Å². The number of aromatic nitrogens is 1. The van der Waals surface area contributed by atoms with Gasteiger partial charge in [0.1, 0.15) is 18.1 Å². The Kier molecular flexibility index (Phi) is 6.30. The van der Waals surface area contributed by atoms with Crippen molar-refractivity contribution in [2.45, 2.75) is 25.9 Å². The summed E-state index contributed by atoms with van der Waals surface area (Å²) in [4.78, 5) is 18.6. The summed E-state index contributed by atoms with van der Waals surface area (Å²) in [6, 6.07) is 15.0. The van der Waals surface area contributed by atoms with Crippen LogP contribution in [0.4, 0.5) is 5.13 Å². The molecule has 0 radical (unpaired) electrons. The van der Waals surface area contributed by atoms with Gasteiger partial charge in [0.25, 0.3) is 5.91 Å². The number of hydrogen-bond donors (Lipinski definition) is 1. The van der Waals surface area contributed by atoms with Gasteiger partial charge in [0, 0.05) is 17.0 Å². The molecule has 1 N–H and O–H groups in total. The topological polar surface area (TPSA) is 69.7 Å². The molecule has 156 valence electrons. The van der Waals surface area contributed by atoms with Crippen LogP contribution in [0.3, 0.4) is 0 Å². The maximum Gasteiger partial charge on any atom is 0.261 e. The normalized spacial score (nSPS) is 15.7. The van der Waals surface area contributed by atoms with Crippen LogP contribution in [0, 0.1) is 6.92 Å². The molecule has 2 aromatic carbocycles. The molecule has 0 saturated carbocycles. The zero-order valence-electron chi connectivity index (χ0n) is 17.0. The van der Waals surface area contributed by atoms with E-state index in [2.05, 4.69) is 10.3 Å². The van der Waals surface area contributed by atoms with E-state index in [1.54, 1.807) is 19.2 Å². The van der Waals surface area contributed by atoms with Gasteiger partial charge < -0.3 is 14.2 Å². The number of rotatable bonds is 7. The molecular weight excluding hydrogens is 400 g/mol. The lowest BCUT2D eigenvalue weighted by atomic mass is 10.1. The first-order valence-electron chi connectivity index (χ1n) is 9.90. The summed E-state index contributed by atoms with van der Waals surface area (Å²) in [5, 5.41) is 3.47. The van der Waals surface area contributed by atoms with Crippen LogP contribution in [0.2, 0.25) is 0 Å². The molecule has 0 unspecified atom stereocenters. The summed E-state index contributed by atoms with van der Waals surface area (Å²) >= 11 is 1.45. The van der Waals surface area contributed by atoms with E-state index < -0.39 is 0 Å². The van der Waals surface area contributed by atoms with Crippen LogP contribution in [-0.2, 0) is 4.74 Å². The first-order valence-corrected chi connectivity index (χ1v) is 10.7. The average Bonchev–Trinajstić information content (AvgIpc) is 3.42. The largest absolute Gasteiger partial charge is 0.497 e. The number of anilines is 1. The van der Waals surface area contributed by atoms with Gasteiger partial charge in [-0.3, -0.25) is 10.1 Å². The minimum atomic E-state index is -0.243. The van der Waals surface area contributed by atoms with E-state index in [1.807, 2.05) is 43.3 Å². The Morgan fingerprint density at radius 1 is 1.23 bits per heavy atom. The standard InChI is InChI=1S/C23H24N2O4S/c1-15-21(16-9-11-17(27-2)12-10-16)24-23(30-15)25-22(26)19-7-3-4-8-20(19)29-14-18-6-5-13-28-18/h3-4,7-12,18H,5-6,13-14H2,1-2H3,(H,24,25,26)/t18-/m1/s1. The molecule has 2 heterocycles. The van der Waals surface area contributed by atoms with Crippen LogP contribution in [-0.4, -0.2) is 37.3 Å². The van der Waals surface area contributed by atoms with Crippen LogP contribution >= 0.6 is 11.3 Å². The SMILES string of the molecule is COc1ccc(-c2nc(NC(=O)c3ccccc3OC[C@H]3CCCO3)sc2C)cc1. The monoisotopic (exact) mass is 424 g/mol. The summed E-state index contributed by atoms with van der Waals surface area (Å²) in [6.07, 6.45) is 2.13. The first-order chi connectivity index (χ1) is 14.6. The van der Waals surface area contributed by atoms with E-state index in [1.165, 1.54) is 11.3 Å². The van der Waals surface area contributed by atoms with Gasteiger partial charge in [-0.2, -0.15) is 0 Å². The van der Waals surface area contributed by atoms with Crippen LogP contribution in [0.25, 0.3) is 11.3 Å². The average molecular weight is 425 g/mol. The predicted molar refractivity (Wildman–Crippen MR) is 118 cm³/mol. The maximum absolute atomic E-state index is 12.9. The Bertz CT molecular complexity index is 1010. The van der Waals surface area contributed by atoms with Gasteiger partial charge in [0.2, 0.25) is 0 Å². The molecule has 1 fully saturated rings. The summed E-state index contributed by atoms with van der Waals surface area (Å²) in [5.74, 6) is 1.10. The minimum Gasteiger partial charge on any atom is -0.497 e. The number of nitrogens with zero attached hydrogens (tertiary/aromatic N) is 1. The molecule has 0 bridgehead atoms. The fourth-order valence-electron chi connectivity index (χ4n) is 3.37. The molecule has 6 nitrogen and oxygen atoms in total. The number of amides is 1. The smallest absolute Gasteiger partial charge is 0.261 e. The Balaban J connectivity index is 1.47. The minimum absolute atomic E-state index is 0.0924. The van der Waals surface area contributed by atoms with Gasteiger partial charge in [-0.15, -0.1) is 11.3 Å². The van der Waals surface area contributed by atoms with Gasteiger partial charge in [-0.25, -0.2) is 4.98 Å². The Labute approximate surface area is 179 Å². The summed E-state index contributed by atoms with van der Waals surface area (Å²) in [7, 11) is 1.64. The molecule has 1 aliphatic heterocycles. The molecule has 1 aromatic heterocycles. The van der Waals surface area contributed by atoms with Crippen LogP contribution in [0.5, 0.6) is 11.5 Å². The number of benzene rings is 2. The number of hydrogen-bond acceptors (Lipinski definition) is 6. The van der Waals surface area contributed by atoms with Crippen LogP contribution in [0.1, 0.15) is 28.1 Å². The molecule has 1 saturated heterocycles. The van der Waals surface area contributed by atoms with E-state index in [0.717, 1.165) is 41.3 Å². The van der Waals surface area contributed by atoms with E-state index in [0.29, 0.717) is 23.1 Å². The lowest BCUT2D eigenvalue weighted by Crippen LogP contribution is -2.19. The van der Waals surface area contributed by atoms with E-state index >= 15 is 0 Å². The third-order valence-corrected chi connectivity index (χ3v) is 5.85. The number of thiazole rings is 1. The number of para-hydroxylation sites is 1. The third-order valence-electron chi connectivity index (χ3n) is 4.96. The van der Waals surface area contributed by atoms with Gasteiger partial charge in [0.05, 0.1) is 24.5 Å². The molecule has 30 heavy (non-hydrogen) atoms. The predicted octanol–water partition coefficient (Wildman–Crippen LogP) is 4.94. The molecule has 4 rings (SSSR count). The molecule has 1 aliphatic rings. The van der Waals surface area contributed by atoms with Gasteiger partial charge in [-0.1, -0.05) is 12.1 Å². The third kappa shape index (κ3) is 4.63. The van der Waals surface area contributed by atoms with Crippen LogP contribution < -0.4 is 14.8 Å². The lowest BCUT2D eigenvalue weighted by Gasteiger charge is -2.14. The highest BCUT2D eigenvalue weighted by Crippen LogP contribution is 2.32. The van der Waals surface area contributed by atoms with Gasteiger partial charge in [-0.05, 0) is 56.2 Å². The highest BCUT2D eigenvalue weighted by atomic mass is 32.1. The zero-order valence-corrected chi connectivity index (χ0v) is 17.8. The summed E-state index contributed by atoms with van der Waals surface area (Å²) < 4.78 is 16.7. The summed E-state index contributed by atoms with van der Waals surface area (Å²) in [6.45, 7) is 3.21. The second-order valence-electron chi connectivity index (χ2n) is 7.05. The van der Waals surface area contributed by atoms with Crippen molar-refractivity contribution in [1.29, 1.82) is 0 Å². The van der Waals surface area contributed by atoms with E-state index in [4.69, 9.17) is 14.2 Å². The maximum atomic E-state index is 12.9. The lowest BCUT2D eigenvalue weighted by molar-refractivity contribution is 0.0673. The van der Waals surface area contributed by atoms with E-state index in [9.17, 15) is 4.79 Å². The Hall–Kier alpha value is -2.90. The van der Waals surface area contributed by atoms with Crippen molar-refractivity contribution in [3.8, 4) is 22.8 Å². The number of methoxy groups -OCH3 is 1. The fraction of sp³-hybridized carbons (Fsp3) is 0.304. The number of ether oxygens (including phenoxy) is 3. The molecule has 0 spiro atoms. The molecule has 1 amide bonds. The van der Waals surface area contributed by atoms with Crippen molar-refractivity contribution in [2.75, 3.05) is 25.6 Å². The molecule has 0 aliphatic carbocycles. The molecular formula is C23H24N2O4S. The second-order valence-corrected chi connectivity index (χ2v) is 8.25. The van der Waals surface area contributed by atoms with Crippen LogP contribution in [0.15, 0.2) is 48.5 Å². The van der Waals surface area contributed by atoms with Crippen molar-refractivity contribution in [2.24, 2.45) is 0 Å². The van der Waals surface area contributed by atoms with Crippen molar-refractivity contribution >= 4 is 22.4 Å². The van der Waals surface area contributed by atoms with Gasteiger partial charge >= 0.3 is 0 Å². The van der Waals surface area contributed by atoms with Crippen molar-refractivity contribution < 1.29 is 19.0 Å². The number of carbonyl (C=O) groups is 1. The fourth-order valence-corrected chi connectivity index (χ4v) is 4.20. The summed E-state index contributed by atoms with van der Waals surface area (Å²) in [5.41, 5.74) is 2.31. The second kappa shape index (κ2) is 9.28. The number of nitrogens with one attached hydrogen (secondary N) is 1. The van der Waals surface area contributed by atoms with Crippen molar-refractivity contribution in [3.05, 3.63) is 59.0 Å².